The Morgan fingerprint density at radius 3 is 2.41 bits per heavy atom. The van der Waals surface area contributed by atoms with Gasteiger partial charge in [-0.25, -0.2) is 9.67 Å². The fourth-order valence-corrected chi connectivity index (χ4v) is 5.27. The van der Waals surface area contributed by atoms with Gasteiger partial charge in [0.05, 0.1) is 6.54 Å². The van der Waals surface area contributed by atoms with E-state index in [1.165, 1.54) is 6.33 Å². The number of aromatic nitrogens is 3. The van der Waals surface area contributed by atoms with Gasteiger partial charge >= 0.3 is 0 Å². The lowest BCUT2D eigenvalue weighted by Gasteiger charge is -2.40. The van der Waals surface area contributed by atoms with Gasteiger partial charge in [-0.05, 0) is 34.0 Å². The summed E-state index contributed by atoms with van der Waals surface area (Å²) in [6, 6.07) is 20.0. The second-order valence-corrected chi connectivity index (χ2v) is 9.78. The summed E-state index contributed by atoms with van der Waals surface area (Å²) in [5.41, 5.74) is 0.880. The predicted molar refractivity (Wildman–Crippen MR) is 136 cm³/mol. The zero-order valence-corrected chi connectivity index (χ0v) is 20.3. The molecule has 5 rings (SSSR count). The topological polar surface area (TPSA) is 57.4 Å². The van der Waals surface area contributed by atoms with Crippen LogP contribution in [0.1, 0.15) is 11.1 Å². The third kappa shape index (κ3) is 5.11. The molecule has 0 radical (unpaired) electrons. The molecule has 1 atom stereocenters. The van der Waals surface area contributed by atoms with Gasteiger partial charge in [0.2, 0.25) is 0 Å². The van der Waals surface area contributed by atoms with E-state index in [9.17, 15) is 5.11 Å². The van der Waals surface area contributed by atoms with Gasteiger partial charge in [-0.3, -0.25) is 9.80 Å². The Bertz CT molecular complexity index is 1250. The van der Waals surface area contributed by atoms with E-state index in [-0.39, 0.29) is 0 Å². The van der Waals surface area contributed by atoms with E-state index in [1.54, 1.807) is 17.1 Å². The Morgan fingerprint density at radius 1 is 0.882 bits per heavy atom. The first kappa shape index (κ1) is 23.3. The largest absolute Gasteiger partial charge is 0.382 e. The van der Waals surface area contributed by atoms with E-state index in [0.29, 0.717) is 23.1 Å². The lowest BCUT2D eigenvalue weighted by atomic mass is 9.88. The number of nitrogens with zero attached hydrogens (tertiary/aromatic N) is 5. The van der Waals surface area contributed by atoms with Gasteiger partial charge in [-0.2, -0.15) is 5.10 Å². The summed E-state index contributed by atoms with van der Waals surface area (Å²) >= 11 is 12.4. The molecule has 1 aliphatic rings. The molecular formula is C26H27Cl2N5O. The molecule has 1 unspecified atom stereocenters. The molecule has 176 valence electrons. The Kier molecular flexibility index (Phi) is 6.86. The summed E-state index contributed by atoms with van der Waals surface area (Å²) in [6.45, 7) is 5.14. The molecule has 8 heteroatoms. The molecule has 1 N–H and O–H groups in total. The van der Waals surface area contributed by atoms with Gasteiger partial charge in [0, 0.05) is 49.3 Å². The number of β-amino-alcohol motifs (C(OH)–C–C–N with tert-alkyl or cyclic N) is 1. The van der Waals surface area contributed by atoms with Crippen LogP contribution in [0, 0.1) is 0 Å². The van der Waals surface area contributed by atoms with Crippen LogP contribution in [-0.2, 0) is 18.7 Å². The van der Waals surface area contributed by atoms with Crippen LogP contribution in [-0.4, -0.2) is 62.4 Å². The zero-order valence-electron chi connectivity index (χ0n) is 18.8. The molecular weight excluding hydrogens is 469 g/mol. The summed E-state index contributed by atoms with van der Waals surface area (Å²) in [4.78, 5) is 8.79. The van der Waals surface area contributed by atoms with E-state index in [2.05, 4.69) is 38.1 Å². The molecule has 34 heavy (non-hydrogen) atoms. The molecule has 4 aromatic rings. The van der Waals surface area contributed by atoms with E-state index < -0.39 is 5.60 Å². The smallest absolute Gasteiger partial charge is 0.137 e. The average Bonchev–Trinajstić information content (AvgIpc) is 3.34. The normalized spacial score (nSPS) is 17.1. The molecule has 0 bridgehead atoms. The first-order valence-electron chi connectivity index (χ1n) is 11.4. The Labute approximate surface area is 209 Å². The predicted octanol–water partition coefficient (Wildman–Crippen LogP) is 4.44. The first-order chi connectivity index (χ1) is 16.5. The number of rotatable bonds is 7. The molecule has 6 nitrogen and oxygen atoms in total. The Hall–Kier alpha value is -2.48. The molecule has 0 spiro atoms. The summed E-state index contributed by atoms with van der Waals surface area (Å²) < 4.78 is 1.71. The first-order valence-corrected chi connectivity index (χ1v) is 12.2. The minimum atomic E-state index is -1.11. The Morgan fingerprint density at radius 2 is 1.65 bits per heavy atom. The maximum atomic E-state index is 12.1. The van der Waals surface area contributed by atoms with Crippen LogP contribution < -0.4 is 0 Å². The highest BCUT2D eigenvalue weighted by Crippen LogP contribution is 2.32. The van der Waals surface area contributed by atoms with Gasteiger partial charge in [0.15, 0.2) is 0 Å². The molecule has 0 aliphatic carbocycles. The molecule has 0 amide bonds. The SMILES string of the molecule is OC(CN1CCN(Cc2ccc(Cl)cc2Cl)CC1)(Cn1cncn1)c1cccc2ccccc12. The third-order valence-electron chi connectivity index (χ3n) is 6.54. The fraction of sp³-hybridized carbons (Fsp3) is 0.308. The fourth-order valence-electron chi connectivity index (χ4n) is 4.80. The minimum Gasteiger partial charge on any atom is -0.382 e. The number of halogens is 2. The van der Waals surface area contributed by atoms with Crippen LogP contribution in [0.3, 0.4) is 0 Å². The molecule has 1 aliphatic heterocycles. The van der Waals surface area contributed by atoms with E-state index in [4.69, 9.17) is 23.2 Å². The molecule has 1 fully saturated rings. The Balaban J connectivity index is 1.33. The summed E-state index contributed by atoms with van der Waals surface area (Å²) in [7, 11) is 0. The second-order valence-electron chi connectivity index (χ2n) is 8.94. The van der Waals surface area contributed by atoms with Crippen LogP contribution in [0.15, 0.2) is 73.3 Å². The van der Waals surface area contributed by atoms with E-state index in [0.717, 1.165) is 54.6 Å². The van der Waals surface area contributed by atoms with E-state index >= 15 is 0 Å². The van der Waals surface area contributed by atoms with Crippen LogP contribution in [0.25, 0.3) is 10.8 Å². The molecule has 1 saturated heterocycles. The van der Waals surface area contributed by atoms with Crippen LogP contribution in [0.2, 0.25) is 10.0 Å². The van der Waals surface area contributed by atoms with Crippen molar-refractivity contribution in [2.45, 2.75) is 18.7 Å². The van der Waals surface area contributed by atoms with E-state index in [1.807, 2.05) is 36.4 Å². The van der Waals surface area contributed by atoms with Crippen molar-refractivity contribution in [2.75, 3.05) is 32.7 Å². The van der Waals surface area contributed by atoms with Crippen LogP contribution >= 0.6 is 23.2 Å². The summed E-state index contributed by atoms with van der Waals surface area (Å²) in [5, 5.41) is 19.9. The van der Waals surface area contributed by atoms with Crippen molar-refractivity contribution in [1.82, 2.24) is 24.6 Å². The molecule has 1 aromatic heterocycles. The maximum absolute atomic E-state index is 12.1. The monoisotopic (exact) mass is 495 g/mol. The number of aliphatic hydroxyl groups is 1. The van der Waals surface area contributed by atoms with Crippen molar-refractivity contribution in [3.63, 3.8) is 0 Å². The zero-order chi connectivity index (χ0) is 23.5. The highest BCUT2D eigenvalue weighted by molar-refractivity contribution is 6.35. The van der Waals surface area contributed by atoms with Crippen LogP contribution in [0.5, 0.6) is 0 Å². The van der Waals surface area contributed by atoms with Crippen molar-refractivity contribution < 1.29 is 5.11 Å². The molecule has 0 saturated carbocycles. The highest BCUT2D eigenvalue weighted by Gasteiger charge is 2.35. The van der Waals surface area contributed by atoms with Crippen molar-refractivity contribution in [2.24, 2.45) is 0 Å². The lowest BCUT2D eigenvalue weighted by molar-refractivity contribution is -0.0289. The quantitative estimate of drug-likeness (QED) is 0.410. The number of hydrogen-bond donors (Lipinski definition) is 1. The average molecular weight is 496 g/mol. The van der Waals surface area contributed by atoms with Gasteiger partial charge in [0.1, 0.15) is 18.3 Å². The number of hydrogen-bond acceptors (Lipinski definition) is 5. The van der Waals surface area contributed by atoms with Crippen molar-refractivity contribution in [3.8, 4) is 0 Å². The molecule has 2 heterocycles. The standard InChI is InChI=1S/C26H27Cl2N5O/c27-22-9-8-21(25(28)14-22)15-31-10-12-32(13-11-31)16-26(34,17-33-19-29-18-30-33)24-7-3-5-20-4-1-2-6-23(20)24/h1-9,14,18-19,34H,10-13,15-17H2. The lowest BCUT2D eigenvalue weighted by Crippen LogP contribution is -2.52. The van der Waals surface area contributed by atoms with Crippen molar-refractivity contribution in [3.05, 3.63) is 94.5 Å². The minimum absolute atomic E-state index is 0.335. The van der Waals surface area contributed by atoms with Gasteiger partial charge in [-0.1, -0.05) is 71.7 Å². The number of fused-ring (bicyclic) bond motifs is 1. The van der Waals surface area contributed by atoms with Gasteiger partial charge in [0.25, 0.3) is 0 Å². The van der Waals surface area contributed by atoms with Crippen molar-refractivity contribution in [1.29, 1.82) is 0 Å². The van der Waals surface area contributed by atoms with Crippen molar-refractivity contribution >= 4 is 34.0 Å². The second kappa shape index (κ2) is 10.0. The molecule has 3 aromatic carbocycles. The van der Waals surface area contributed by atoms with Gasteiger partial charge < -0.3 is 5.11 Å². The van der Waals surface area contributed by atoms with Gasteiger partial charge in [-0.15, -0.1) is 0 Å². The third-order valence-corrected chi connectivity index (χ3v) is 7.13. The van der Waals surface area contributed by atoms with Crippen LogP contribution in [0.4, 0.5) is 0 Å². The maximum Gasteiger partial charge on any atom is 0.137 e. The number of benzene rings is 3. The number of piperazine rings is 1. The highest BCUT2D eigenvalue weighted by atomic mass is 35.5. The summed E-state index contributed by atoms with van der Waals surface area (Å²) in [5.74, 6) is 0. The summed E-state index contributed by atoms with van der Waals surface area (Å²) in [6.07, 6.45) is 3.16.